The first-order valence-corrected chi connectivity index (χ1v) is 13.7. The summed E-state index contributed by atoms with van der Waals surface area (Å²) in [5.41, 5.74) is 2.44. The number of hydrogen-bond donors (Lipinski definition) is 2. The minimum absolute atomic E-state index is 0.0941. The maximum Gasteiger partial charge on any atom is 0.261 e. The first kappa shape index (κ1) is 25.9. The van der Waals surface area contributed by atoms with Gasteiger partial charge in [0.15, 0.2) is 6.61 Å². The highest BCUT2D eigenvalue weighted by molar-refractivity contribution is 5.96. The number of ether oxygens (including phenoxy) is 1. The van der Waals surface area contributed by atoms with Crippen LogP contribution in [-0.2, 0) is 16.2 Å². The van der Waals surface area contributed by atoms with Gasteiger partial charge in [0.25, 0.3) is 5.91 Å². The number of methoxy groups -OCH3 is 1. The van der Waals surface area contributed by atoms with Crippen molar-refractivity contribution in [3.05, 3.63) is 41.5 Å². The van der Waals surface area contributed by atoms with Crippen LogP contribution in [0, 0.1) is 40.9 Å². The Bertz CT molecular complexity index is 1130. The van der Waals surface area contributed by atoms with Gasteiger partial charge in [-0.3, -0.25) is 4.79 Å². The first-order chi connectivity index (χ1) is 17.7. The summed E-state index contributed by atoms with van der Waals surface area (Å²) in [6.45, 7) is 5.02. The number of aliphatic hydroxyl groups is 1. The standard InChI is InChI=1S/C31H40N2O4/c1-5-31(35)17-14-27-25-11-8-22-18-23(12-15-29(22,2)26(25)13-16-30(27,31)3)33-37-20-28(34)32-19-21-6-9-24(36-4)10-7-21/h1,6-7,9-10,18,25-27,35H,8,11-17,19-20H2,2-4H3,(H,32,34)/t25-,26+,27+,29+,30+,31+/m1/s1. The number of carbonyl (C=O) groups is 1. The molecule has 4 aliphatic carbocycles. The van der Waals surface area contributed by atoms with Gasteiger partial charge in [-0.05, 0) is 98.3 Å². The monoisotopic (exact) mass is 504 g/mol. The van der Waals surface area contributed by atoms with E-state index < -0.39 is 5.60 Å². The molecule has 0 aliphatic heterocycles. The predicted octanol–water partition coefficient (Wildman–Crippen LogP) is 5.01. The highest BCUT2D eigenvalue weighted by atomic mass is 16.6. The van der Waals surface area contributed by atoms with Crippen molar-refractivity contribution in [2.24, 2.45) is 33.7 Å². The molecule has 0 unspecified atom stereocenters. The predicted molar refractivity (Wildman–Crippen MR) is 144 cm³/mol. The number of oxime groups is 1. The number of amides is 1. The zero-order valence-electron chi connectivity index (χ0n) is 22.4. The lowest BCUT2D eigenvalue weighted by Gasteiger charge is -2.58. The summed E-state index contributed by atoms with van der Waals surface area (Å²) in [6, 6.07) is 7.60. The van der Waals surface area contributed by atoms with Gasteiger partial charge in [0.2, 0.25) is 0 Å². The van der Waals surface area contributed by atoms with Crippen molar-refractivity contribution in [1.82, 2.24) is 5.32 Å². The number of fused-ring (bicyclic) bond motifs is 5. The SMILES string of the molecule is C#C[C@]1(O)CC[C@H]2[C@@H]3CCC4=CC(=NOCC(=O)NCc5ccc(OC)cc5)CC[C@]4(C)[C@H]3CC[C@@]21C. The Morgan fingerprint density at radius 1 is 1.14 bits per heavy atom. The van der Waals surface area contributed by atoms with Crippen molar-refractivity contribution in [1.29, 1.82) is 0 Å². The first-order valence-electron chi connectivity index (χ1n) is 13.7. The molecule has 1 amide bonds. The van der Waals surface area contributed by atoms with Gasteiger partial charge in [0.05, 0.1) is 12.8 Å². The Balaban J connectivity index is 1.18. The number of nitrogens with one attached hydrogen (secondary N) is 1. The smallest absolute Gasteiger partial charge is 0.261 e. The number of carbonyl (C=O) groups excluding carboxylic acids is 1. The van der Waals surface area contributed by atoms with Crippen molar-refractivity contribution in [3.8, 4) is 18.1 Å². The van der Waals surface area contributed by atoms with Crippen LogP contribution in [-0.4, -0.2) is 36.0 Å². The molecule has 4 aliphatic rings. The van der Waals surface area contributed by atoms with Gasteiger partial charge in [-0.2, -0.15) is 0 Å². The van der Waals surface area contributed by atoms with Crippen LogP contribution in [0.3, 0.4) is 0 Å². The summed E-state index contributed by atoms with van der Waals surface area (Å²) in [7, 11) is 1.63. The molecule has 2 N–H and O–H groups in total. The van der Waals surface area contributed by atoms with Gasteiger partial charge in [0.1, 0.15) is 11.4 Å². The summed E-state index contributed by atoms with van der Waals surface area (Å²) in [5, 5.41) is 18.4. The third-order valence-electron chi connectivity index (χ3n) is 10.4. The molecule has 3 saturated carbocycles. The third-order valence-corrected chi connectivity index (χ3v) is 10.4. The van der Waals surface area contributed by atoms with E-state index in [1.807, 2.05) is 24.3 Å². The molecule has 37 heavy (non-hydrogen) atoms. The van der Waals surface area contributed by atoms with Gasteiger partial charge >= 0.3 is 0 Å². The molecule has 0 aromatic heterocycles. The quantitative estimate of drug-likeness (QED) is 0.422. The highest BCUT2D eigenvalue weighted by Crippen LogP contribution is 2.67. The van der Waals surface area contributed by atoms with Gasteiger partial charge in [-0.1, -0.05) is 42.6 Å². The summed E-state index contributed by atoms with van der Waals surface area (Å²) >= 11 is 0. The summed E-state index contributed by atoms with van der Waals surface area (Å²) in [4.78, 5) is 17.7. The molecule has 6 nitrogen and oxygen atoms in total. The number of benzene rings is 1. The molecule has 1 aromatic rings. The van der Waals surface area contributed by atoms with Crippen molar-refractivity contribution in [2.45, 2.75) is 77.4 Å². The van der Waals surface area contributed by atoms with Crippen molar-refractivity contribution in [2.75, 3.05) is 13.7 Å². The highest BCUT2D eigenvalue weighted by Gasteiger charge is 2.63. The summed E-state index contributed by atoms with van der Waals surface area (Å²) in [5.74, 6) is 5.11. The van der Waals surface area contributed by atoms with E-state index in [-0.39, 0.29) is 23.3 Å². The van der Waals surface area contributed by atoms with Crippen LogP contribution >= 0.6 is 0 Å². The second kappa shape index (κ2) is 9.83. The van der Waals surface area contributed by atoms with Gasteiger partial charge < -0.3 is 20.0 Å². The number of allylic oxidation sites excluding steroid dienone is 2. The Morgan fingerprint density at radius 2 is 1.89 bits per heavy atom. The number of nitrogens with zero attached hydrogens (tertiary/aromatic N) is 1. The Kier molecular flexibility index (Phi) is 6.87. The molecule has 0 bridgehead atoms. The fourth-order valence-electron chi connectivity index (χ4n) is 8.07. The van der Waals surface area contributed by atoms with Crippen molar-refractivity contribution in [3.63, 3.8) is 0 Å². The Morgan fingerprint density at radius 3 is 2.62 bits per heavy atom. The zero-order valence-corrected chi connectivity index (χ0v) is 22.4. The molecular formula is C31H40N2O4. The van der Waals surface area contributed by atoms with Crippen LogP contribution in [0.25, 0.3) is 0 Å². The van der Waals surface area contributed by atoms with Crippen LogP contribution in [0.4, 0.5) is 0 Å². The lowest BCUT2D eigenvalue weighted by molar-refractivity contribution is -0.125. The zero-order chi connectivity index (χ0) is 26.3. The maximum absolute atomic E-state index is 12.2. The van der Waals surface area contributed by atoms with E-state index in [0.717, 1.165) is 68.4 Å². The van der Waals surface area contributed by atoms with Crippen LogP contribution in [0.15, 0.2) is 41.1 Å². The van der Waals surface area contributed by atoms with Gasteiger partial charge in [-0.25, -0.2) is 0 Å². The second-order valence-corrected chi connectivity index (χ2v) is 12.0. The summed E-state index contributed by atoms with van der Waals surface area (Å²) < 4.78 is 5.16. The fraction of sp³-hybridized carbons (Fsp3) is 0.613. The molecule has 0 spiro atoms. The van der Waals surface area contributed by atoms with E-state index in [2.05, 4.69) is 36.3 Å². The van der Waals surface area contributed by atoms with Crippen LogP contribution < -0.4 is 10.1 Å². The van der Waals surface area contributed by atoms with E-state index >= 15 is 0 Å². The normalized spacial score (nSPS) is 37.4. The number of terminal acetylenes is 1. The maximum atomic E-state index is 12.2. The van der Waals surface area contributed by atoms with Crippen molar-refractivity contribution >= 4 is 11.6 Å². The van der Waals surface area contributed by atoms with E-state index in [1.54, 1.807) is 7.11 Å². The Labute approximate surface area is 220 Å². The molecule has 6 atom stereocenters. The summed E-state index contributed by atoms with van der Waals surface area (Å²) in [6.07, 6.45) is 16.0. The van der Waals surface area contributed by atoms with E-state index in [1.165, 1.54) is 5.57 Å². The van der Waals surface area contributed by atoms with E-state index in [9.17, 15) is 9.90 Å². The molecule has 3 fully saturated rings. The van der Waals surface area contributed by atoms with E-state index in [4.69, 9.17) is 16.0 Å². The topological polar surface area (TPSA) is 80.2 Å². The van der Waals surface area contributed by atoms with Crippen LogP contribution in [0.5, 0.6) is 5.75 Å². The molecule has 198 valence electrons. The molecular weight excluding hydrogens is 464 g/mol. The minimum atomic E-state index is -0.954. The molecule has 5 rings (SSSR count). The lowest BCUT2D eigenvalue weighted by atomic mass is 9.46. The second-order valence-electron chi connectivity index (χ2n) is 12.0. The van der Waals surface area contributed by atoms with Crippen molar-refractivity contribution < 1.29 is 19.5 Å². The molecule has 1 aromatic carbocycles. The van der Waals surface area contributed by atoms with Gasteiger partial charge in [-0.15, -0.1) is 6.42 Å². The van der Waals surface area contributed by atoms with Crippen LogP contribution in [0.2, 0.25) is 0 Å². The third kappa shape index (κ3) is 4.46. The lowest BCUT2D eigenvalue weighted by Crippen LogP contribution is -2.54. The average Bonchev–Trinajstić information content (AvgIpc) is 3.18. The molecule has 0 radical (unpaired) electrons. The molecule has 0 saturated heterocycles. The largest absolute Gasteiger partial charge is 0.497 e. The van der Waals surface area contributed by atoms with E-state index in [0.29, 0.717) is 24.3 Å². The molecule has 0 heterocycles. The number of hydrogen-bond acceptors (Lipinski definition) is 5. The Hall–Kier alpha value is -2.78. The number of rotatable bonds is 6. The van der Waals surface area contributed by atoms with Crippen LogP contribution in [0.1, 0.15) is 70.8 Å². The average molecular weight is 505 g/mol. The van der Waals surface area contributed by atoms with Gasteiger partial charge in [0, 0.05) is 12.0 Å². The molecule has 6 heteroatoms. The fourth-order valence-corrected chi connectivity index (χ4v) is 8.07. The minimum Gasteiger partial charge on any atom is -0.497 e.